The zero-order valence-corrected chi connectivity index (χ0v) is 16.4. The van der Waals surface area contributed by atoms with Crippen LogP contribution in [-0.2, 0) is 27.3 Å². The highest BCUT2D eigenvalue weighted by atomic mass is 32.2. The van der Waals surface area contributed by atoms with Gasteiger partial charge in [-0.15, -0.1) is 0 Å². The minimum atomic E-state index is -0.382. The molecule has 1 aromatic carbocycles. The molecule has 0 bridgehead atoms. The van der Waals surface area contributed by atoms with Crippen LogP contribution in [0.15, 0.2) is 29.3 Å². The van der Waals surface area contributed by atoms with E-state index in [1.54, 1.807) is 6.08 Å². The van der Waals surface area contributed by atoms with E-state index in [-0.39, 0.29) is 23.6 Å². The van der Waals surface area contributed by atoms with Gasteiger partial charge in [0, 0.05) is 30.2 Å². The van der Waals surface area contributed by atoms with Gasteiger partial charge in [-0.3, -0.25) is 19.7 Å². The van der Waals surface area contributed by atoms with Crippen LogP contribution >= 0.6 is 11.8 Å². The standard InChI is InChI=1S/C20H21N3O4S/c1-2-13-4-3-5-15-14(10-16-19(25)21-20(26)28-16)11-23(18(13)15)12-17(24)22-6-8-27-9-7-22/h3-5,10-11H,2,6-9,12H2,1H3,(H,21,25,26)/b16-10-. The fourth-order valence-corrected chi connectivity index (χ4v) is 4.28. The van der Waals surface area contributed by atoms with Gasteiger partial charge in [0.15, 0.2) is 0 Å². The van der Waals surface area contributed by atoms with Gasteiger partial charge in [-0.1, -0.05) is 25.1 Å². The van der Waals surface area contributed by atoms with Crippen LogP contribution in [0.5, 0.6) is 0 Å². The summed E-state index contributed by atoms with van der Waals surface area (Å²) in [5, 5.41) is 2.88. The predicted molar refractivity (Wildman–Crippen MR) is 108 cm³/mol. The first-order chi connectivity index (χ1) is 13.6. The molecule has 4 rings (SSSR count). The van der Waals surface area contributed by atoms with E-state index in [0.29, 0.717) is 31.2 Å². The monoisotopic (exact) mass is 399 g/mol. The maximum atomic E-state index is 12.8. The molecule has 0 saturated carbocycles. The number of amides is 3. The number of imide groups is 1. The van der Waals surface area contributed by atoms with E-state index in [1.807, 2.05) is 27.8 Å². The number of hydrogen-bond acceptors (Lipinski definition) is 5. The number of para-hydroxylation sites is 1. The number of carbonyl (C=O) groups is 3. The van der Waals surface area contributed by atoms with E-state index in [9.17, 15) is 14.4 Å². The molecule has 8 heteroatoms. The third-order valence-corrected chi connectivity index (χ3v) is 5.80. The molecule has 2 aliphatic rings. The van der Waals surface area contributed by atoms with Crippen molar-refractivity contribution in [3.8, 4) is 0 Å². The van der Waals surface area contributed by atoms with Crippen molar-refractivity contribution in [1.82, 2.24) is 14.8 Å². The van der Waals surface area contributed by atoms with Gasteiger partial charge < -0.3 is 14.2 Å². The number of nitrogens with one attached hydrogen (secondary N) is 1. The number of ether oxygens (including phenoxy) is 1. The Kier molecular flexibility index (Phi) is 5.23. The third kappa shape index (κ3) is 3.57. The molecule has 2 aromatic rings. The lowest BCUT2D eigenvalue weighted by molar-refractivity contribution is -0.135. The van der Waals surface area contributed by atoms with E-state index < -0.39 is 0 Å². The average Bonchev–Trinajstić information content (AvgIpc) is 3.21. The summed E-state index contributed by atoms with van der Waals surface area (Å²) in [6.45, 7) is 4.65. The Morgan fingerprint density at radius 3 is 2.75 bits per heavy atom. The van der Waals surface area contributed by atoms with Crippen molar-refractivity contribution >= 4 is 45.8 Å². The zero-order chi connectivity index (χ0) is 19.7. The van der Waals surface area contributed by atoms with E-state index in [2.05, 4.69) is 18.3 Å². The summed E-state index contributed by atoms with van der Waals surface area (Å²) in [5.74, 6) is -0.333. The summed E-state index contributed by atoms with van der Waals surface area (Å²) in [6.07, 6.45) is 4.45. The lowest BCUT2D eigenvalue weighted by Gasteiger charge is -2.27. The number of nitrogens with zero attached hydrogens (tertiary/aromatic N) is 2. The molecule has 0 spiro atoms. The summed E-state index contributed by atoms with van der Waals surface area (Å²) < 4.78 is 7.28. The molecule has 7 nitrogen and oxygen atoms in total. The molecule has 146 valence electrons. The first kappa shape index (κ1) is 18.8. The van der Waals surface area contributed by atoms with Gasteiger partial charge >= 0.3 is 0 Å². The van der Waals surface area contributed by atoms with Crippen LogP contribution in [0.3, 0.4) is 0 Å². The van der Waals surface area contributed by atoms with Crippen LogP contribution in [0.4, 0.5) is 4.79 Å². The topological polar surface area (TPSA) is 80.6 Å². The van der Waals surface area contributed by atoms with Gasteiger partial charge in [-0.25, -0.2) is 0 Å². The number of thioether (sulfide) groups is 1. The Balaban J connectivity index is 1.73. The van der Waals surface area contributed by atoms with Crippen LogP contribution in [0.2, 0.25) is 0 Å². The first-order valence-electron chi connectivity index (χ1n) is 9.28. The number of rotatable bonds is 4. The third-order valence-electron chi connectivity index (χ3n) is 4.99. The number of fused-ring (bicyclic) bond motifs is 1. The van der Waals surface area contributed by atoms with Crippen molar-refractivity contribution < 1.29 is 19.1 Å². The molecular weight excluding hydrogens is 378 g/mol. The molecule has 0 unspecified atom stereocenters. The van der Waals surface area contributed by atoms with Gasteiger partial charge in [-0.2, -0.15) is 0 Å². The normalized spacial score (nSPS) is 18.9. The van der Waals surface area contributed by atoms with Gasteiger partial charge in [0.1, 0.15) is 6.54 Å². The minimum Gasteiger partial charge on any atom is -0.378 e. The van der Waals surface area contributed by atoms with E-state index in [1.165, 1.54) is 0 Å². The van der Waals surface area contributed by atoms with E-state index in [4.69, 9.17) is 4.74 Å². The maximum Gasteiger partial charge on any atom is 0.290 e. The number of carbonyl (C=O) groups excluding carboxylic acids is 3. The van der Waals surface area contributed by atoms with Crippen LogP contribution in [0.25, 0.3) is 17.0 Å². The van der Waals surface area contributed by atoms with Gasteiger partial charge in [-0.05, 0) is 29.8 Å². The Hall–Kier alpha value is -2.58. The maximum absolute atomic E-state index is 12.8. The van der Waals surface area contributed by atoms with Crippen molar-refractivity contribution in [3.63, 3.8) is 0 Å². The summed E-state index contributed by atoms with van der Waals surface area (Å²) in [7, 11) is 0. The van der Waals surface area contributed by atoms with Gasteiger partial charge in [0.05, 0.1) is 23.6 Å². The second-order valence-electron chi connectivity index (χ2n) is 6.72. The lowest BCUT2D eigenvalue weighted by Crippen LogP contribution is -2.42. The molecule has 2 saturated heterocycles. The Bertz CT molecular complexity index is 989. The molecule has 0 atom stereocenters. The van der Waals surface area contributed by atoms with E-state index in [0.717, 1.165) is 40.2 Å². The zero-order valence-electron chi connectivity index (χ0n) is 15.6. The highest BCUT2D eigenvalue weighted by Gasteiger charge is 2.26. The first-order valence-corrected chi connectivity index (χ1v) is 10.1. The molecule has 0 radical (unpaired) electrons. The number of hydrogen-bond donors (Lipinski definition) is 1. The van der Waals surface area contributed by atoms with Crippen molar-refractivity contribution in [3.05, 3.63) is 40.4 Å². The largest absolute Gasteiger partial charge is 0.378 e. The number of aromatic nitrogens is 1. The smallest absolute Gasteiger partial charge is 0.290 e. The average molecular weight is 399 g/mol. The number of morpholine rings is 1. The molecule has 1 N–H and O–H groups in total. The quantitative estimate of drug-likeness (QED) is 0.799. The summed E-state index contributed by atoms with van der Waals surface area (Å²) >= 11 is 0.896. The molecule has 1 aromatic heterocycles. The Morgan fingerprint density at radius 2 is 2.07 bits per heavy atom. The van der Waals surface area contributed by atoms with Crippen molar-refractivity contribution in [1.29, 1.82) is 0 Å². The number of benzene rings is 1. The summed E-state index contributed by atoms with van der Waals surface area (Å²) in [5.41, 5.74) is 2.96. The van der Waals surface area contributed by atoms with E-state index >= 15 is 0 Å². The highest BCUT2D eigenvalue weighted by molar-refractivity contribution is 8.18. The van der Waals surface area contributed by atoms with Gasteiger partial charge in [0.25, 0.3) is 11.1 Å². The van der Waals surface area contributed by atoms with Crippen LogP contribution < -0.4 is 5.32 Å². The van der Waals surface area contributed by atoms with Crippen LogP contribution in [0.1, 0.15) is 18.1 Å². The predicted octanol–water partition coefficient (Wildman–Crippen LogP) is 2.39. The number of aryl methyl sites for hydroxylation is 1. The van der Waals surface area contributed by atoms with Crippen LogP contribution in [-0.4, -0.2) is 52.8 Å². The molecule has 2 fully saturated rings. The van der Waals surface area contributed by atoms with Crippen molar-refractivity contribution in [2.24, 2.45) is 0 Å². The molecule has 3 heterocycles. The summed E-state index contributed by atoms with van der Waals surface area (Å²) in [6, 6.07) is 6.01. The fourth-order valence-electron chi connectivity index (χ4n) is 3.61. The Labute approximate surface area is 166 Å². The van der Waals surface area contributed by atoms with Crippen LogP contribution in [0, 0.1) is 0 Å². The second kappa shape index (κ2) is 7.81. The SMILES string of the molecule is CCc1cccc2c(/C=C3\SC(=O)NC3=O)cn(CC(=O)N3CCOCC3)c12. The molecule has 28 heavy (non-hydrogen) atoms. The fraction of sp³-hybridized carbons (Fsp3) is 0.350. The second-order valence-corrected chi connectivity index (χ2v) is 7.74. The lowest BCUT2D eigenvalue weighted by atomic mass is 10.1. The Morgan fingerprint density at radius 1 is 1.29 bits per heavy atom. The van der Waals surface area contributed by atoms with Crippen molar-refractivity contribution in [2.45, 2.75) is 19.9 Å². The molecular formula is C20H21N3O4S. The van der Waals surface area contributed by atoms with Gasteiger partial charge in [0.2, 0.25) is 5.91 Å². The molecule has 3 amide bonds. The highest BCUT2D eigenvalue weighted by Crippen LogP contribution is 2.31. The van der Waals surface area contributed by atoms with Crippen molar-refractivity contribution in [2.75, 3.05) is 26.3 Å². The minimum absolute atomic E-state index is 0.0495. The molecule has 0 aliphatic carbocycles. The molecule has 2 aliphatic heterocycles. The summed E-state index contributed by atoms with van der Waals surface area (Å²) in [4.78, 5) is 38.4.